The molecule has 28 heavy (non-hydrogen) atoms. The number of aromatic nitrogens is 4. The van der Waals surface area contributed by atoms with Gasteiger partial charge in [0.2, 0.25) is 0 Å². The zero-order valence-corrected chi connectivity index (χ0v) is 16.4. The van der Waals surface area contributed by atoms with Crippen LogP contribution in [-0.4, -0.2) is 26.9 Å². The number of H-pyrrole nitrogens is 1. The average Bonchev–Trinajstić information content (AvgIpc) is 3.20. The number of aromatic amines is 1. The highest BCUT2D eigenvalue weighted by molar-refractivity contribution is 5.74. The van der Waals surface area contributed by atoms with Crippen LogP contribution in [0.1, 0.15) is 28.3 Å². The zero-order valence-electron chi connectivity index (χ0n) is 16.4. The number of rotatable bonds is 5. The quantitative estimate of drug-likeness (QED) is 0.575. The molecule has 7 nitrogen and oxygen atoms in total. The molecule has 4 rings (SSSR count). The Hall–Kier alpha value is -3.35. The van der Waals surface area contributed by atoms with E-state index in [2.05, 4.69) is 10.3 Å². The van der Waals surface area contributed by atoms with Crippen molar-refractivity contribution in [1.29, 1.82) is 0 Å². The van der Waals surface area contributed by atoms with Crippen molar-refractivity contribution in [1.82, 2.24) is 19.8 Å². The second-order valence-corrected chi connectivity index (χ2v) is 6.86. The van der Waals surface area contributed by atoms with Crippen LogP contribution < -0.4 is 10.3 Å². The molecule has 0 amide bonds. The number of fused-ring (bicyclic) bond motifs is 1. The van der Waals surface area contributed by atoms with E-state index in [1.54, 1.807) is 13.2 Å². The number of methoxy groups -OCH3 is 1. The Kier molecular flexibility index (Phi) is 4.50. The molecule has 3 heterocycles. The molecule has 0 spiro atoms. The van der Waals surface area contributed by atoms with E-state index in [4.69, 9.17) is 14.2 Å². The third-order valence-corrected chi connectivity index (χ3v) is 5.09. The number of benzene rings is 1. The number of nitrogens with zero attached hydrogens (tertiary/aromatic N) is 3. The van der Waals surface area contributed by atoms with Gasteiger partial charge >= 0.3 is 0 Å². The smallest absolute Gasteiger partial charge is 0.272 e. The number of hydrogen-bond acceptors (Lipinski definition) is 5. The van der Waals surface area contributed by atoms with E-state index in [-0.39, 0.29) is 5.56 Å². The van der Waals surface area contributed by atoms with E-state index in [0.29, 0.717) is 12.1 Å². The van der Waals surface area contributed by atoms with Gasteiger partial charge in [-0.2, -0.15) is 0 Å². The van der Waals surface area contributed by atoms with Gasteiger partial charge in [-0.05, 0) is 45.7 Å². The van der Waals surface area contributed by atoms with Crippen LogP contribution in [-0.2, 0) is 12.8 Å². The van der Waals surface area contributed by atoms with Crippen LogP contribution in [0.5, 0.6) is 5.75 Å². The van der Waals surface area contributed by atoms with E-state index in [9.17, 15) is 4.79 Å². The fourth-order valence-corrected chi connectivity index (χ4v) is 3.55. The molecule has 0 atom stereocenters. The predicted molar refractivity (Wildman–Crippen MR) is 106 cm³/mol. The number of nitrogens with one attached hydrogen (secondary N) is 1. The topological polar surface area (TPSA) is 85.4 Å². The Morgan fingerprint density at radius 3 is 2.68 bits per heavy atom. The molecule has 0 saturated carbocycles. The van der Waals surface area contributed by atoms with Crippen molar-refractivity contribution in [2.75, 3.05) is 7.11 Å². The lowest BCUT2D eigenvalue weighted by Gasteiger charge is -2.06. The summed E-state index contributed by atoms with van der Waals surface area (Å²) in [4.78, 5) is 17.4. The van der Waals surface area contributed by atoms with Crippen molar-refractivity contribution >= 4 is 5.65 Å². The Morgan fingerprint density at radius 2 is 1.96 bits per heavy atom. The molecule has 1 N–H and O–H groups in total. The minimum atomic E-state index is -0.136. The van der Waals surface area contributed by atoms with Gasteiger partial charge in [-0.1, -0.05) is 17.3 Å². The van der Waals surface area contributed by atoms with Gasteiger partial charge in [0.05, 0.1) is 18.5 Å². The van der Waals surface area contributed by atoms with Crippen molar-refractivity contribution in [3.05, 3.63) is 69.0 Å². The van der Waals surface area contributed by atoms with Crippen molar-refractivity contribution in [2.24, 2.45) is 0 Å². The van der Waals surface area contributed by atoms with E-state index >= 15 is 0 Å². The summed E-state index contributed by atoms with van der Waals surface area (Å²) < 4.78 is 12.2. The molecule has 0 unspecified atom stereocenters. The number of para-hydroxylation sites is 1. The van der Waals surface area contributed by atoms with E-state index in [0.717, 1.165) is 51.7 Å². The normalized spacial score (nSPS) is 11.3. The molecule has 3 aromatic heterocycles. The highest BCUT2D eigenvalue weighted by atomic mass is 16.5. The summed E-state index contributed by atoms with van der Waals surface area (Å²) in [6.07, 6.45) is 1.37. The standard InChI is InChI=1S/C21H22N4O3/c1-12-20(17-7-5-6-8-18(17)27-4)23-25-19(26)11-15(22-21(12)25)9-10-16-13(2)24-28-14(16)3/h5-8,11,23H,9-10H2,1-4H3. The van der Waals surface area contributed by atoms with Crippen LogP contribution in [0.3, 0.4) is 0 Å². The lowest BCUT2D eigenvalue weighted by Crippen LogP contribution is -2.16. The van der Waals surface area contributed by atoms with Crippen molar-refractivity contribution in [3.8, 4) is 17.0 Å². The van der Waals surface area contributed by atoms with Crippen LogP contribution in [0.25, 0.3) is 16.9 Å². The highest BCUT2D eigenvalue weighted by Crippen LogP contribution is 2.31. The second kappa shape index (κ2) is 6.99. The molecular formula is C21H22N4O3. The Balaban J connectivity index is 1.75. The minimum Gasteiger partial charge on any atom is -0.496 e. The van der Waals surface area contributed by atoms with Gasteiger partial charge in [0.15, 0.2) is 5.65 Å². The number of ether oxygens (including phenoxy) is 1. The van der Waals surface area contributed by atoms with Crippen LogP contribution in [0, 0.1) is 20.8 Å². The third-order valence-electron chi connectivity index (χ3n) is 5.09. The van der Waals surface area contributed by atoms with E-state index in [1.807, 2.05) is 45.0 Å². The van der Waals surface area contributed by atoms with Crippen LogP contribution in [0.2, 0.25) is 0 Å². The summed E-state index contributed by atoms with van der Waals surface area (Å²) in [5.74, 6) is 1.55. The van der Waals surface area contributed by atoms with Gasteiger partial charge in [0, 0.05) is 28.5 Å². The summed E-state index contributed by atoms with van der Waals surface area (Å²) in [7, 11) is 1.63. The summed E-state index contributed by atoms with van der Waals surface area (Å²) in [5.41, 5.74) is 5.81. The van der Waals surface area contributed by atoms with Gasteiger partial charge in [0.1, 0.15) is 11.5 Å². The molecule has 0 radical (unpaired) electrons. The minimum absolute atomic E-state index is 0.136. The Bertz CT molecular complexity index is 1200. The molecule has 0 saturated heterocycles. The fraction of sp³-hybridized carbons (Fsp3) is 0.286. The molecule has 144 valence electrons. The van der Waals surface area contributed by atoms with Gasteiger partial charge in [0.25, 0.3) is 5.56 Å². The zero-order chi connectivity index (χ0) is 19.8. The first kappa shape index (κ1) is 18.0. The predicted octanol–water partition coefficient (Wildman–Crippen LogP) is 3.40. The van der Waals surface area contributed by atoms with Gasteiger partial charge in [-0.15, -0.1) is 0 Å². The third kappa shape index (κ3) is 2.98. The maximum Gasteiger partial charge on any atom is 0.272 e. The summed E-state index contributed by atoms with van der Waals surface area (Å²) in [6.45, 7) is 5.78. The largest absolute Gasteiger partial charge is 0.496 e. The molecule has 4 aromatic rings. The molecule has 0 bridgehead atoms. The average molecular weight is 378 g/mol. The van der Waals surface area contributed by atoms with Crippen LogP contribution >= 0.6 is 0 Å². The van der Waals surface area contributed by atoms with Crippen molar-refractivity contribution in [3.63, 3.8) is 0 Å². The molecular weight excluding hydrogens is 356 g/mol. The molecule has 7 heteroatoms. The maximum absolute atomic E-state index is 12.7. The first-order valence-corrected chi connectivity index (χ1v) is 9.16. The Labute approximate surface area is 162 Å². The summed E-state index contributed by atoms with van der Waals surface area (Å²) >= 11 is 0. The monoisotopic (exact) mass is 378 g/mol. The first-order chi connectivity index (χ1) is 13.5. The molecule has 0 fully saturated rings. The van der Waals surface area contributed by atoms with Crippen LogP contribution in [0.4, 0.5) is 0 Å². The maximum atomic E-state index is 12.7. The molecule has 1 aromatic carbocycles. The van der Waals surface area contributed by atoms with E-state index in [1.165, 1.54) is 4.52 Å². The van der Waals surface area contributed by atoms with Gasteiger partial charge in [-0.3, -0.25) is 9.89 Å². The summed E-state index contributed by atoms with van der Waals surface area (Å²) in [6, 6.07) is 9.28. The SMILES string of the molecule is COc1ccccc1-c1[nH]n2c(=O)cc(CCc3c(C)noc3C)nc2c1C. The first-order valence-electron chi connectivity index (χ1n) is 9.16. The fourth-order valence-electron chi connectivity index (χ4n) is 3.55. The van der Waals surface area contributed by atoms with Crippen molar-refractivity contribution < 1.29 is 9.26 Å². The van der Waals surface area contributed by atoms with Gasteiger partial charge < -0.3 is 9.26 Å². The lowest BCUT2D eigenvalue weighted by molar-refractivity contribution is 0.392. The highest BCUT2D eigenvalue weighted by Gasteiger charge is 2.17. The molecule has 0 aliphatic rings. The molecule has 0 aliphatic heterocycles. The second-order valence-electron chi connectivity index (χ2n) is 6.86. The van der Waals surface area contributed by atoms with Gasteiger partial charge in [-0.25, -0.2) is 9.50 Å². The summed E-state index contributed by atoms with van der Waals surface area (Å²) in [5, 5.41) is 7.16. The Morgan fingerprint density at radius 1 is 1.18 bits per heavy atom. The number of hydrogen-bond donors (Lipinski definition) is 1. The van der Waals surface area contributed by atoms with E-state index < -0.39 is 0 Å². The van der Waals surface area contributed by atoms with Crippen LogP contribution in [0.15, 0.2) is 39.6 Å². The van der Waals surface area contributed by atoms with Crippen molar-refractivity contribution in [2.45, 2.75) is 33.6 Å². The lowest BCUT2D eigenvalue weighted by atomic mass is 10.1. The number of aryl methyl sites for hydroxylation is 4. The molecule has 0 aliphatic carbocycles.